The van der Waals surface area contributed by atoms with Crippen LogP contribution in [0.15, 0.2) is 46.6 Å². The largest absolute Gasteiger partial charge is 0.276 e. The minimum Gasteiger partial charge on any atom is -0.272 e. The van der Waals surface area contributed by atoms with Crippen LogP contribution in [0.25, 0.3) is 0 Å². The van der Waals surface area contributed by atoms with Gasteiger partial charge >= 0.3 is 0 Å². The average Bonchev–Trinajstić information content (AvgIpc) is 3.15. The van der Waals surface area contributed by atoms with Gasteiger partial charge in [0.2, 0.25) is 0 Å². The van der Waals surface area contributed by atoms with Crippen molar-refractivity contribution < 1.29 is 9.59 Å². The maximum absolute atomic E-state index is 13.4. The summed E-state index contributed by atoms with van der Waals surface area (Å²) in [5.41, 5.74) is 1.20. The summed E-state index contributed by atoms with van der Waals surface area (Å²) in [7, 11) is 0. The van der Waals surface area contributed by atoms with Crippen LogP contribution >= 0.6 is 69.6 Å². The second-order valence-electron chi connectivity index (χ2n) is 7.48. The van der Waals surface area contributed by atoms with Crippen LogP contribution in [0.2, 0.25) is 20.1 Å². The van der Waals surface area contributed by atoms with Crippen molar-refractivity contribution in [2.45, 2.75) is 24.1 Å². The topological polar surface area (TPSA) is 65.3 Å². The van der Waals surface area contributed by atoms with Crippen LogP contribution < -0.4 is 10.0 Å². The second-order valence-corrected chi connectivity index (χ2v) is 10.2. The third-order valence-electron chi connectivity index (χ3n) is 5.41. The highest BCUT2D eigenvalue weighted by atomic mass is 35.5. The van der Waals surface area contributed by atoms with Crippen LogP contribution in [0.3, 0.4) is 0 Å². The highest BCUT2D eigenvalue weighted by Crippen LogP contribution is 2.44. The van der Waals surface area contributed by atoms with E-state index in [1.54, 1.807) is 38.1 Å². The van der Waals surface area contributed by atoms with E-state index in [2.05, 4.69) is 10.2 Å². The van der Waals surface area contributed by atoms with Gasteiger partial charge in [-0.3, -0.25) is 9.59 Å². The molecule has 4 rings (SSSR count). The Kier molecular flexibility index (Phi) is 6.64. The molecule has 3 atom stereocenters. The number of hydrogen-bond acceptors (Lipinski definition) is 4. The Hall–Kier alpha value is -1.54. The van der Waals surface area contributed by atoms with Gasteiger partial charge in [0.25, 0.3) is 11.8 Å². The van der Waals surface area contributed by atoms with E-state index in [1.807, 2.05) is 0 Å². The maximum Gasteiger partial charge on any atom is 0.276 e. The molecular weight excluding hydrogens is 553 g/mol. The van der Waals surface area contributed by atoms with Gasteiger partial charge in [-0.25, -0.2) is 0 Å². The predicted molar refractivity (Wildman–Crippen MR) is 136 cm³/mol. The summed E-state index contributed by atoms with van der Waals surface area (Å²) >= 11 is 38.0. The fraction of sp³-hybridized carbons (Fsp3) is 0.238. The fourth-order valence-electron chi connectivity index (χ4n) is 3.68. The molecule has 2 amide bonds. The molecule has 2 heterocycles. The molecule has 0 unspecified atom stereocenters. The van der Waals surface area contributed by atoms with Crippen LogP contribution in [-0.2, 0) is 9.59 Å². The lowest BCUT2D eigenvalue weighted by molar-refractivity contribution is -0.121. The zero-order valence-electron chi connectivity index (χ0n) is 17.0. The number of carbonyl (C=O) groups is 2. The second kappa shape index (κ2) is 8.91. The minimum absolute atomic E-state index is 0.206. The Morgan fingerprint density at radius 3 is 1.91 bits per heavy atom. The van der Waals surface area contributed by atoms with Gasteiger partial charge in [-0.05, 0) is 50.2 Å². The van der Waals surface area contributed by atoms with Crippen LogP contribution in [0.4, 0.5) is 11.4 Å². The van der Waals surface area contributed by atoms with Crippen molar-refractivity contribution in [1.29, 1.82) is 0 Å². The summed E-state index contributed by atoms with van der Waals surface area (Å²) in [5, 5.41) is 10.8. The van der Waals surface area contributed by atoms with Crippen molar-refractivity contribution in [3.05, 3.63) is 56.5 Å². The first-order valence-electron chi connectivity index (χ1n) is 9.49. The van der Waals surface area contributed by atoms with Crippen LogP contribution in [0.1, 0.15) is 13.8 Å². The molecule has 172 valence electrons. The molecule has 0 fully saturated rings. The number of halogens is 6. The van der Waals surface area contributed by atoms with Crippen LogP contribution in [0, 0.1) is 5.92 Å². The highest BCUT2D eigenvalue weighted by molar-refractivity contribution is 6.56. The fourth-order valence-corrected chi connectivity index (χ4v) is 5.45. The molecule has 0 saturated heterocycles. The Morgan fingerprint density at radius 1 is 0.879 bits per heavy atom. The lowest BCUT2D eigenvalue weighted by Gasteiger charge is -2.29. The smallest absolute Gasteiger partial charge is 0.272 e. The van der Waals surface area contributed by atoms with Gasteiger partial charge in [0.05, 0.1) is 44.1 Å². The number of hydrogen-bond donors (Lipinski definition) is 0. The number of amides is 2. The summed E-state index contributed by atoms with van der Waals surface area (Å²) in [5.74, 6) is -2.14. The molecule has 2 aromatic carbocycles. The van der Waals surface area contributed by atoms with Gasteiger partial charge in [0, 0.05) is 10.0 Å². The lowest BCUT2D eigenvalue weighted by Crippen LogP contribution is -2.53. The van der Waals surface area contributed by atoms with Crippen LogP contribution in [0.5, 0.6) is 0 Å². The number of benzene rings is 2. The normalized spacial score (nSPS) is 23.8. The maximum atomic E-state index is 13.4. The Morgan fingerprint density at radius 2 is 1.39 bits per heavy atom. The summed E-state index contributed by atoms with van der Waals surface area (Å²) < 4.78 is 0. The first-order valence-corrected chi connectivity index (χ1v) is 11.8. The van der Waals surface area contributed by atoms with E-state index in [9.17, 15) is 9.59 Å². The molecule has 0 radical (unpaired) electrons. The standard InChI is InChI=1S/C21H14Cl6N4O2/c1-9-17(19(32)30(28-9)15-5-3-11(22)7-13(15)24)18(26)21(27)10(2)29-31(20(21)33)16-6-4-12(23)8-14(16)25/h3-8,17-18H,1-2H3/t17-,18-,21+/m0/s1. The van der Waals surface area contributed by atoms with Gasteiger partial charge in [0.1, 0.15) is 0 Å². The number of anilines is 2. The third-order valence-corrected chi connectivity index (χ3v) is 7.85. The molecule has 0 N–H and O–H groups in total. The van der Waals surface area contributed by atoms with E-state index in [0.29, 0.717) is 21.4 Å². The average molecular weight is 567 g/mol. The van der Waals surface area contributed by atoms with E-state index in [1.165, 1.54) is 12.1 Å². The summed E-state index contributed by atoms with van der Waals surface area (Å²) in [6.07, 6.45) is 0. The number of carbonyl (C=O) groups excluding carboxylic acids is 2. The highest BCUT2D eigenvalue weighted by Gasteiger charge is 2.59. The SMILES string of the molecule is CC1=NN(c2ccc(Cl)cc2Cl)C(=O)[C@@H]1[C@H](Cl)[C@@]1(Cl)C(=O)N(c2ccc(Cl)cc2Cl)N=C1C. The molecule has 2 aromatic rings. The van der Waals surface area contributed by atoms with Crippen molar-refractivity contribution in [2.75, 3.05) is 10.0 Å². The number of rotatable bonds is 4. The van der Waals surface area contributed by atoms with Crippen molar-refractivity contribution in [1.82, 2.24) is 0 Å². The molecule has 12 heteroatoms. The minimum atomic E-state index is -1.82. The van der Waals surface area contributed by atoms with Gasteiger partial charge < -0.3 is 0 Å². The van der Waals surface area contributed by atoms with Crippen molar-refractivity contribution >= 4 is 104 Å². The van der Waals surface area contributed by atoms with Crippen LogP contribution in [-0.4, -0.2) is 33.5 Å². The predicted octanol–water partition coefficient (Wildman–Crippen LogP) is 6.65. The Balaban J connectivity index is 1.67. The lowest BCUT2D eigenvalue weighted by atomic mass is 9.87. The van der Waals surface area contributed by atoms with Gasteiger partial charge in [-0.1, -0.05) is 46.4 Å². The zero-order chi connectivity index (χ0) is 24.2. The summed E-state index contributed by atoms with van der Waals surface area (Å²) in [4.78, 5) is 24.9. The van der Waals surface area contributed by atoms with Crippen molar-refractivity contribution in [3.8, 4) is 0 Å². The molecule has 0 saturated carbocycles. The number of hydrazone groups is 2. The van der Waals surface area contributed by atoms with E-state index in [4.69, 9.17) is 69.6 Å². The quantitative estimate of drug-likeness (QED) is 0.389. The first-order chi connectivity index (χ1) is 15.5. The molecule has 33 heavy (non-hydrogen) atoms. The van der Waals surface area contributed by atoms with Crippen molar-refractivity contribution in [2.24, 2.45) is 16.1 Å². The van der Waals surface area contributed by atoms with E-state index >= 15 is 0 Å². The number of alkyl halides is 2. The van der Waals surface area contributed by atoms with Gasteiger partial charge in [-0.2, -0.15) is 20.2 Å². The Labute approximate surface area is 219 Å². The molecule has 0 aliphatic carbocycles. The monoisotopic (exact) mass is 564 g/mol. The third kappa shape index (κ3) is 4.01. The number of nitrogens with zero attached hydrogens (tertiary/aromatic N) is 4. The van der Waals surface area contributed by atoms with Gasteiger partial charge in [-0.15, -0.1) is 23.2 Å². The van der Waals surface area contributed by atoms with E-state index in [-0.39, 0.29) is 21.4 Å². The molecule has 6 nitrogen and oxygen atoms in total. The molecule has 0 aromatic heterocycles. The van der Waals surface area contributed by atoms with E-state index < -0.39 is 28.0 Å². The summed E-state index contributed by atoms with van der Waals surface area (Å²) in [6, 6.07) is 9.24. The molecule has 2 aliphatic heterocycles. The van der Waals surface area contributed by atoms with E-state index in [0.717, 1.165) is 10.0 Å². The zero-order valence-corrected chi connectivity index (χ0v) is 21.5. The summed E-state index contributed by atoms with van der Waals surface area (Å²) in [6.45, 7) is 3.19. The van der Waals surface area contributed by atoms with Crippen molar-refractivity contribution in [3.63, 3.8) is 0 Å². The molecule has 2 aliphatic rings. The van der Waals surface area contributed by atoms with Gasteiger partial charge in [0.15, 0.2) is 4.87 Å². The molecule has 0 spiro atoms. The molecular formula is C21H14Cl6N4O2. The Bertz CT molecular complexity index is 1250. The first kappa shape index (κ1) is 24.6. The molecule has 0 bridgehead atoms.